The first-order chi connectivity index (χ1) is 7.72. The van der Waals surface area contributed by atoms with Gasteiger partial charge in [0.05, 0.1) is 5.02 Å². The standard InChI is InChI=1S/C12H17ClN2S/c13-8-3-12(16-7-8)6-15-10-1-2-11(15)5-9(14)4-10/h3,7,9-11H,1-2,4-6,14H2. The zero-order valence-electron chi connectivity index (χ0n) is 9.23. The summed E-state index contributed by atoms with van der Waals surface area (Å²) >= 11 is 7.73. The highest BCUT2D eigenvalue weighted by molar-refractivity contribution is 7.10. The van der Waals surface area contributed by atoms with E-state index in [-0.39, 0.29) is 0 Å². The van der Waals surface area contributed by atoms with E-state index in [0.29, 0.717) is 6.04 Å². The molecule has 0 aliphatic carbocycles. The molecule has 2 aliphatic heterocycles. The van der Waals surface area contributed by atoms with Crippen LogP contribution in [0.3, 0.4) is 0 Å². The Bertz CT molecular complexity index is 365. The maximum absolute atomic E-state index is 6.07. The molecule has 2 N–H and O–H groups in total. The highest BCUT2D eigenvalue weighted by Crippen LogP contribution is 2.37. The van der Waals surface area contributed by atoms with Gasteiger partial charge < -0.3 is 5.73 Å². The van der Waals surface area contributed by atoms with E-state index >= 15 is 0 Å². The van der Waals surface area contributed by atoms with Crippen molar-refractivity contribution in [1.82, 2.24) is 4.90 Å². The lowest BCUT2D eigenvalue weighted by atomic mass is 9.98. The predicted octanol–water partition coefficient (Wildman–Crippen LogP) is 2.86. The number of piperidine rings is 1. The minimum Gasteiger partial charge on any atom is -0.328 e. The number of rotatable bonds is 2. The molecular formula is C12H17ClN2S. The van der Waals surface area contributed by atoms with Gasteiger partial charge in [0.1, 0.15) is 0 Å². The Morgan fingerprint density at radius 3 is 2.62 bits per heavy atom. The van der Waals surface area contributed by atoms with E-state index in [2.05, 4.69) is 11.0 Å². The van der Waals surface area contributed by atoms with Gasteiger partial charge in [0.2, 0.25) is 0 Å². The predicted molar refractivity (Wildman–Crippen MR) is 68.9 cm³/mol. The van der Waals surface area contributed by atoms with E-state index in [4.69, 9.17) is 17.3 Å². The molecule has 2 aliphatic rings. The number of hydrogen-bond donors (Lipinski definition) is 1. The molecule has 0 saturated carbocycles. The molecular weight excluding hydrogens is 240 g/mol. The monoisotopic (exact) mass is 256 g/mol. The van der Waals surface area contributed by atoms with Gasteiger partial charge in [-0.2, -0.15) is 0 Å². The van der Waals surface area contributed by atoms with Crippen LogP contribution in [-0.4, -0.2) is 23.0 Å². The fourth-order valence-corrected chi connectivity index (χ4v) is 4.27. The molecule has 2 bridgehead atoms. The molecule has 1 aromatic heterocycles. The van der Waals surface area contributed by atoms with Crippen LogP contribution in [-0.2, 0) is 6.54 Å². The Morgan fingerprint density at radius 1 is 1.38 bits per heavy atom. The average molecular weight is 257 g/mol. The molecule has 0 amide bonds. The van der Waals surface area contributed by atoms with E-state index in [9.17, 15) is 0 Å². The van der Waals surface area contributed by atoms with E-state index in [1.807, 2.05) is 5.38 Å². The SMILES string of the molecule is NC1CC2CCC(C1)N2Cc1cc(Cl)cs1. The van der Waals surface area contributed by atoms with Gasteiger partial charge >= 0.3 is 0 Å². The molecule has 2 saturated heterocycles. The third-order valence-electron chi connectivity index (χ3n) is 3.88. The van der Waals surface area contributed by atoms with Crippen LogP contribution in [0.25, 0.3) is 0 Å². The summed E-state index contributed by atoms with van der Waals surface area (Å²) in [7, 11) is 0. The zero-order valence-corrected chi connectivity index (χ0v) is 10.8. The van der Waals surface area contributed by atoms with Crippen molar-refractivity contribution in [3.05, 3.63) is 21.3 Å². The minimum atomic E-state index is 0.431. The first-order valence-corrected chi connectivity index (χ1v) is 7.22. The van der Waals surface area contributed by atoms with Crippen LogP contribution in [0.5, 0.6) is 0 Å². The lowest BCUT2D eigenvalue weighted by Crippen LogP contribution is -2.46. The third kappa shape index (κ3) is 2.02. The summed E-state index contributed by atoms with van der Waals surface area (Å²) in [5, 5.41) is 2.90. The lowest BCUT2D eigenvalue weighted by molar-refractivity contribution is 0.121. The van der Waals surface area contributed by atoms with E-state index in [1.54, 1.807) is 11.3 Å². The molecule has 16 heavy (non-hydrogen) atoms. The summed E-state index contributed by atoms with van der Waals surface area (Å²) in [5.74, 6) is 0. The molecule has 2 fully saturated rings. The Balaban J connectivity index is 1.72. The van der Waals surface area contributed by atoms with Crippen LogP contribution < -0.4 is 5.73 Å². The van der Waals surface area contributed by atoms with Gasteiger partial charge in [0, 0.05) is 34.9 Å². The Kier molecular flexibility index (Phi) is 2.96. The third-order valence-corrected chi connectivity index (χ3v) is 5.15. The van der Waals surface area contributed by atoms with Crippen LogP contribution in [0, 0.1) is 0 Å². The largest absolute Gasteiger partial charge is 0.328 e. The van der Waals surface area contributed by atoms with Gasteiger partial charge in [-0.05, 0) is 31.7 Å². The zero-order chi connectivity index (χ0) is 11.1. The minimum absolute atomic E-state index is 0.431. The normalized spacial score (nSPS) is 34.5. The van der Waals surface area contributed by atoms with Crippen molar-refractivity contribution in [3.8, 4) is 0 Å². The Labute approximate surface area is 105 Å². The number of thiophene rings is 1. The molecule has 3 rings (SSSR count). The number of halogens is 1. The number of fused-ring (bicyclic) bond motifs is 2. The van der Waals surface area contributed by atoms with Crippen LogP contribution in [0.4, 0.5) is 0 Å². The van der Waals surface area contributed by atoms with Gasteiger partial charge in [-0.1, -0.05) is 11.6 Å². The number of nitrogens with zero attached hydrogens (tertiary/aromatic N) is 1. The molecule has 2 unspecified atom stereocenters. The smallest absolute Gasteiger partial charge is 0.0516 e. The van der Waals surface area contributed by atoms with Crippen molar-refractivity contribution in [2.75, 3.05) is 0 Å². The molecule has 2 nitrogen and oxygen atoms in total. The summed E-state index contributed by atoms with van der Waals surface area (Å²) in [6.45, 7) is 1.07. The van der Waals surface area contributed by atoms with Crippen LogP contribution in [0.1, 0.15) is 30.6 Å². The number of hydrogen-bond acceptors (Lipinski definition) is 3. The summed E-state index contributed by atoms with van der Waals surface area (Å²) in [6.07, 6.45) is 5.01. The maximum Gasteiger partial charge on any atom is 0.0516 e. The summed E-state index contributed by atoms with van der Waals surface area (Å²) in [4.78, 5) is 4.03. The first kappa shape index (κ1) is 11.0. The van der Waals surface area contributed by atoms with Crippen LogP contribution >= 0.6 is 22.9 Å². The maximum atomic E-state index is 6.07. The summed E-state index contributed by atoms with van der Waals surface area (Å²) in [5.41, 5.74) is 6.07. The Hall–Kier alpha value is -0.0900. The van der Waals surface area contributed by atoms with Crippen molar-refractivity contribution in [2.24, 2.45) is 5.73 Å². The van der Waals surface area contributed by atoms with E-state index in [1.165, 1.54) is 30.6 Å². The molecule has 1 aromatic rings. The fraction of sp³-hybridized carbons (Fsp3) is 0.667. The fourth-order valence-electron chi connectivity index (χ4n) is 3.19. The summed E-state index contributed by atoms with van der Waals surface area (Å²) < 4.78 is 0. The molecule has 0 radical (unpaired) electrons. The van der Waals surface area contributed by atoms with Crippen molar-refractivity contribution in [2.45, 2.75) is 50.4 Å². The number of nitrogens with two attached hydrogens (primary N) is 1. The van der Waals surface area contributed by atoms with Gasteiger partial charge in [-0.15, -0.1) is 11.3 Å². The highest BCUT2D eigenvalue weighted by Gasteiger charge is 2.39. The van der Waals surface area contributed by atoms with Crippen molar-refractivity contribution in [1.29, 1.82) is 0 Å². The van der Waals surface area contributed by atoms with E-state index in [0.717, 1.165) is 23.7 Å². The highest BCUT2D eigenvalue weighted by atomic mass is 35.5. The van der Waals surface area contributed by atoms with Crippen molar-refractivity contribution < 1.29 is 0 Å². The molecule has 2 atom stereocenters. The second-order valence-electron chi connectivity index (χ2n) is 5.02. The van der Waals surface area contributed by atoms with Crippen molar-refractivity contribution in [3.63, 3.8) is 0 Å². The molecule has 4 heteroatoms. The first-order valence-electron chi connectivity index (χ1n) is 5.96. The second kappa shape index (κ2) is 4.30. The summed E-state index contributed by atoms with van der Waals surface area (Å²) in [6, 6.07) is 3.96. The van der Waals surface area contributed by atoms with Crippen molar-refractivity contribution >= 4 is 22.9 Å². The second-order valence-corrected chi connectivity index (χ2v) is 6.45. The van der Waals surface area contributed by atoms with Gasteiger partial charge in [0.15, 0.2) is 0 Å². The average Bonchev–Trinajstić information content (AvgIpc) is 2.72. The van der Waals surface area contributed by atoms with E-state index < -0.39 is 0 Å². The topological polar surface area (TPSA) is 29.3 Å². The molecule has 3 heterocycles. The molecule has 0 aromatic carbocycles. The van der Waals surface area contributed by atoms with Gasteiger partial charge in [-0.3, -0.25) is 4.90 Å². The quantitative estimate of drug-likeness (QED) is 0.882. The Morgan fingerprint density at radius 2 is 2.06 bits per heavy atom. The molecule has 88 valence electrons. The lowest BCUT2D eigenvalue weighted by Gasteiger charge is -2.37. The van der Waals surface area contributed by atoms with Gasteiger partial charge in [0.25, 0.3) is 0 Å². The van der Waals surface area contributed by atoms with Crippen LogP contribution in [0.2, 0.25) is 5.02 Å². The van der Waals surface area contributed by atoms with Crippen LogP contribution in [0.15, 0.2) is 11.4 Å². The molecule has 0 spiro atoms. The van der Waals surface area contributed by atoms with Gasteiger partial charge in [-0.25, -0.2) is 0 Å².